The number of aromatic nitrogens is 2. The van der Waals surface area contributed by atoms with Crippen LogP contribution >= 0.6 is 0 Å². The van der Waals surface area contributed by atoms with Gasteiger partial charge in [-0.2, -0.15) is 9.78 Å². The van der Waals surface area contributed by atoms with Crippen molar-refractivity contribution in [3.05, 3.63) is 77.2 Å². The van der Waals surface area contributed by atoms with Crippen LogP contribution in [0, 0.1) is 12.7 Å². The average Bonchev–Trinajstić information content (AvgIpc) is 3.29. The van der Waals surface area contributed by atoms with E-state index >= 15 is 0 Å². The molecule has 0 unspecified atom stereocenters. The summed E-state index contributed by atoms with van der Waals surface area (Å²) in [6.45, 7) is 1.95. The standard InChI is InChI=1S/C27H31FN4O3/c1-18-10-6-7-13-20(18)22(16-25(33)29-19-11-4-3-5-12-19)30-27(34)23-17-26(35-2)32(31-23)24-15-9-8-14-21(24)28/h6-10,13-15,17,19,22H,3-5,11-12,16H2,1-2H3,(H,29,33)(H,30,34)/t22-/m0/s1. The number of para-hydroxylation sites is 1. The Hall–Kier alpha value is -3.68. The minimum absolute atomic E-state index is 0.0661. The van der Waals surface area contributed by atoms with Gasteiger partial charge in [0.15, 0.2) is 5.69 Å². The van der Waals surface area contributed by atoms with E-state index in [0.717, 1.165) is 36.8 Å². The van der Waals surface area contributed by atoms with E-state index in [1.165, 1.54) is 30.3 Å². The number of methoxy groups -OCH3 is 1. The molecule has 0 bridgehead atoms. The van der Waals surface area contributed by atoms with Gasteiger partial charge in [0.2, 0.25) is 11.8 Å². The smallest absolute Gasteiger partial charge is 0.272 e. The van der Waals surface area contributed by atoms with Crippen molar-refractivity contribution in [3.63, 3.8) is 0 Å². The van der Waals surface area contributed by atoms with Crippen LogP contribution in [0.25, 0.3) is 5.69 Å². The third-order valence-electron chi connectivity index (χ3n) is 6.43. The Morgan fingerprint density at radius 2 is 1.83 bits per heavy atom. The van der Waals surface area contributed by atoms with Crippen molar-refractivity contribution in [2.45, 2.75) is 57.5 Å². The summed E-state index contributed by atoms with van der Waals surface area (Å²) in [6, 6.07) is 14.9. The maximum absolute atomic E-state index is 14.4. The predicted molar refractivity (Wildman–Crippen MR) is 131 cm³/mol. The summed E-state index contributed by atoms with van der Waals surface area (Å²) < 4.78 is 20.9. The van der Waals surface area contributed by atoms with Gasteiger partial charge in [-0.1, -0.05) is 55.7 Å². The number of nitrogens with zero attached hydrogens (tertiary/aromatic N) is 2. The summed E-state index contributed by atoms with van der Waals surface area (Å²) in [5, 5.41) is 10.4. The summed E-state index contributed by atoms with van der Waals surface area (Å²) >= 11 is 0. The van der Waals surface area contributed by atoms with E-state index in [1.807, 2.05) is 31.2 Å². The van der Waals surface area contributed by atoms with Crippen LogP contribution in [0.1, 0.15) is 66.2 Å². The highest BCUT2D eigenvalue weighted by atomic mass is 19.1. The second kappa shape index (κ2) is 11.2. The number of hydrogen-bond donors (Lipinski definition) is 2. The van der Waals surface area contributed by atoms with Crippen molar-refractivity contribution in [2.75, 3.05) is 7.11 Å². The maximum Gasteiger partial charge on any atom is 0.272 e. The first kappa shape index (κ1) is 24.4. The summed E-state index contributed by atoms with van der Waals surface area (Å²) in [4.78, 5) is 26.1. The molecule has 35 heavy (non-hydrogen) atoms. The van der Waals surface area contributed by atoms with Crippen molar-refractivity contribution < 1.29 is 18.7 Å². The molecule has 4 rings (SSSR count). The zero-order valence-corrected chi connectivity index (χ0v) is 20.1. The van der Waals surface area contributed by atoms with Crippen LogP contribution in [0.4, 0.5) is 4.39 Å². The van der Waals surface area contributed by atoms with Gasteiger partial charge >= 0.3 is 0 Å². The lowest BCUT2D eigenvalue weighted by Crippen LogP contribution is -2.39. The van der Waals surface area contributed by atoms with Crippen LogP contribution in [0.5, 0.6) is 5.88 Å². The summed E-state index contributed by atoms with van der Waals surface area (Å²) in [6.07, 6.45) is 5.53. The fourth-order valence-corrected chi connectivity index (χ4v) is 4.58. The van der Waals surface area contributed by atoms with E-state index in [2.05, 4.69) is 15.7 Å². The quantitative estimate of drug-likeness (QED) is 0.494. The van der Waals surface area contributed by atoms with Crippen molar-refractivity contribution >= 4 is 11.8 Å². The zero-order chi connectivity index (χ0) is 24.8. The molecule has 2 N–H and O–H groups in total. The topological polar surface area (TPSA) is 85.2 Å². The third kappa shape index (κ3) is 5.88. The number of nitrogens with one attached hydrogen (secondary N) is 2. The van der Waals surface area contributed by atoms with Crippen LogP contribution in [-0.4, -0.2) is 34.7 Å². The number of aryl methyl sites for hydroxylation is 1. The Balaban J connectivity index is 1.56. The van der Waals surface area contributed by atoms with E-state index in [0.29, 0.717) is 0 Å². The second-order valence-electron chi connectivity index (χ2n) is 8.92. The van der Waals surface area contributed by atoms with Gasteiger partial charge in [0.05, 0.1) is 19.6 Å². The molecule has 0 aliphatic heterocycles. The Bertz CT molecular complexity index is 1190. The molecule has 0 radical (unpaired) electrons. The van der Waals surface area contributed by atoms with Crippen LogP contribution in [0.3, 0.4) is 0 Å². The molecule has 1 fully saturated rings. The molecule has 8 heteroatoms. The van der Waals surface area contributed by atoms with E-state index in [9.17, 15) is 14.0 Å². The molecule has 1 heterocycles. The van der Waals surface area contributed by atoms with Crippen molar-refractivity contribution in [1.29, 1.82) is 0 Å². The van der Waals surface area contributed by atoms with Crippen LogP contribution in [0.15, 0.2) is 54.6 Å². The fraction of sp³-hybridized carbons (Fsp3) is 0.370. The molecule has 7 nitrogen and oxygen atoms in total. The molecule has 1 saturated carbocycles. The first-order chi connectivity index (χ1) is 17.0. The van der Waals surface area contributed by atoms with Crippen LogP contribution < -0.4 is 15.4 Å². The van der Waals surface area contributed by atoms with Crippen molar-refractivity contribution in [3.8, 4) is 11.6 Å². The van der Waals surface area contributed by atoms with Gasteiger partial charge in [0.1, 0.15) is 11.5 Å². The molecule has 1 aliphatic rings. The molecule has 0 saturated heterocycles. The number of benzene rings is 2. The molecular weight excluding hydrogens is 447 g/mol. The van der Waals surface area contributed by atoms with Crippen LogP contribution in [0.2, 0.25) is 0 Å². The highest BCUT2D eigenvalue weighted by molar-refractivity contribution is 5.93. The Labute approximate surface area is 204 Å². The number of halogens is 1. The zero-order valence-electron chi connectivity index (χ0n) is 20.1. The molecule has 0 spiro atoms. The SMILES string of the molecule is COc1cc(C(=O)N[C@@H](CC(=O)NC2CCCCC2)c2ccccc2C)nn1-c1ccccc1F. The summed E-state index contributed by atoms with van der Waals surface area (Å²) in [7, 11) is 1.43. The van der Waals surface area contributed by atoms with Gasteiger partial charge in [-0.25, -0.2) is 4.39 Å². The van der Waals surface area contributed by atoms with Gasteiger partial charge in [-0.3, -0.25) is 9.59 Å². The van der Waals surface area contributed by atoms with Crippen LogP contribution in [-0.2, 0) is 4.79 Å². The monoisotopic (exact) mass is 478 g/mol. The number of carbonyl (C=O) groups is 2. The Kier molecular flexibility index (Phi) is 7.80. The van der Waals surface area contributed by atoms with Gasteiger partial charge < -0.3 is 15.4 Å². The maximum atomic E-state index is 14.4. The number of ether oxygens (including phenoxy) is 1. The minimum atomic E-state index is -0.545. The van der Waals surface area contributed by atoms with Gasteiger partial charge in [0, 0.05) is 12.1 Å². The second-order valence-corrected chi connectivity index (χ2v) is 8.92. The average molecular weight is 479 g/mol. The first-order valence-electron chi connectivity index (χ1n) is 12.0. The molecule has 1 aliphatic carbocycles. The number of amides is 2. The lowest BCUT2D eigenvalue weighted by atomic mass is 9.94. The molecular formula is C27H31FN4O3. The number of carbonyl (C=O) groups excluding carboxylic acids is 2. The van der Waals surface area contributed by atoms with Gasteiger partial charge in [-0.15, -0.1) is 0 Å². The number of rotatable bonds is 8. The van der Waals surface area contributed by atoms with Crippen molar-refractivity contribution in [2.24, 2.45) is 0 Å². The predicted octanol–water partition coefficient (Wildman–Crippen LogP) is 4.64. The lowest BCUT2D eigenvalue weighted by Gasteiger charge is -2.25. The lowest BCUT2D eigenvalue weighted by molar-refractivity contribution is -0.122. The van der Waals surface area contributed by atoms with E-state index in [-0.39, 0.29) is 35.6 Å². The van der Waals surface area contributed by atoms with Crippen molar-refractivity contribution in [1.82, 2.24) is 20.4 Å². The van der Waals surface area contributed by atoms with Gasteiger partial charge in [-0.05, 0) is 43.0 Å². The first-order valence-corrected chi connectivity index (χ1v) is 12.0. The molecule has 1 aromatic heterocycles. The minimum Gasteiger partial charge on any atom is -0.481 e. The van der Waals surface area contributed by atoms with E-state index < -0.39 is 17.8 Å². The Morgan fingerprint density at radius 1 is 1.11 bits per heavy atom. The Morgan fingerprint density at radius 3 is 2.54 bits per heavy atom. The largest absolute Gasteiger partial charge is 0.481 e. The molecule has 3 aromatic rings. The van der Waals surface area contributed by atoms with E-state index in [1.54, 1.807) is 18.2 Å². The molecule has 184 valence electrons. The fourth-order valence-electron chi connectivity index (χ4n) is 4.58. The summed E-state index contributed by atoms with van der Waals surface area (Å²) in [5.41, 5.74) is 2.07. The normalized spacial score (nSPS) is 14.8. The van der Waals surface area contributed by atoms with Gasteiger partial charge in [0.25, 0.3) is 5.91 Å². The molecule has 1 atom stereocenters. The third-order valence-corrected chi connectivity index (χ3v) is 6.43. The summed E-state index contributed by atoms with van der Waals surface area (Å²) in [5.74, 6) is -0.835. The molecule has 2 amide bonds. The van der Waals surface area contributed by atoms with E-state index in [4.69, 9.17) is 4.74 Å². The highest BCUT2D eigenvalue weighted by Gasteiger charge is 2.25. The molecule has 2 aromatic carbocycles. The highest BCUT2D eigenvalue weighted by Crippen LogP contribution is 2.25. The number of hydrogen-bond acceptors (Lipinski definition) is 4.